The Bertz CT molecular complexity index is 407. The van der Waals surface area contributed by atoms with Crippen LogP contribution in [0.4, 0.5) is 5.69 Å². The minimum atomic E-state index is -0.538. The third-order valence-electron chi connectivity index (χ3n) is 3.11. The molecular weight excluding hydrogens is 192 g/mol. The van der Waals surface area contributed by atoms with E-state index >= 15 is 0 Å². The van der Waals surface area contributed by atoms with Crippen molar-refractivity contribution >= 4 is 5.69 Å². The van der Waals surface area contributed by atoms with Crippen LogP contribution in [0.5, 0.6) is 0 Å². The van der Waals surface area contributed by atoms with Crippen LogP contribution in [0.1, 0.15) is 25.7 Å². The minimum absolute atomic E-state index is 0.0628. The fraction of sp³-hybridized carbons (Fsp3) is 0.545. The molecule has 0 aromatic carbocycles. The molecule has 1 fully saturated rings. The van der Waals surface area contributed by atoms with E-state index in [1.54, 1.807) is 16.8 Å². The maximum Gasteiger partial charge on any atom is 0.250 e. The van der Waals surface area contributed by atoms with E-state index in [-0.39, 0.29) is 5.56 Å². The fourth-order valence-corrected chi connectivity index (χ4v) is 1.89. The summed E-state index contributed by atoms with van der Waals surface area (Å²) in [5.74, 6) is 0. The number of hydrogen-bond acceptors (Lipinski definition) is 3. The molecule has 82 valence electrons. The Kier molecular flexibility index (Phi) is 2.52. The molecule has 0 unspecified atom stereocenters. The number of anilines is 1. The van der Waals surface area contributed by atoms with Crippen LogP contribution in [0.25, 0.3) is 0 Å². The Labute approximate surface area is 88.3 Å². The molecule has 0 bridgehead atoms. The van der Waals surface area contributed by atoms with Crippen molar-refractivity contribution in [2.75, 3.05) is 5.73 Å². The zero-order chi connectivity index (χ0) is 10.9. The van der Waals surface area contributed by atoms with Gasteiger partial charge in [-0.1, -0.05) is 0 Å². The van der Waals surface area contributed by atoms with Crippen molar-refractivity contribution in [3.05, 3.63) is 28.7 Å². The number of nitrogen functional groups attached to an aromatic ring is 1. The fourth-order valence-electron chi connectivity index (χ4n) is 1.89. The monoisotopic (exact) mass is 208 g/mol. The molecule has 0 saturated heterocycles. The molecule has 1 saturated carbocycles. The van der Waals surface area contributed by atoms with Gasteiger partial charge in [0.1, 0.15) is 0 Å². The summed E-state index contributed by atoms with van der Waals surface area (Å²) in [6.45, 7) is 0.542. The van der Waals surface area contributed by atoms with E-state index < -0.39 is 5.60 Å². The van der Waals surface area contributed by atoms with E-state index in [9.17, 15) is 9.90 Å². The van der Waals surface area contributed by atoms with Crippen molar-refractivity contribution in [2.24, 2.45) is 0 Å². The minimum Gasteiger partial charge on any atom is -0.398 e. The number of aromatic nitrogens is 1. The van der Waals surface area contributed by atoms with Crippen molar-refractivity contribution in [3.8, 4) is 0 Å². The first-order valence-corrected chi connectivity index (χ1v) is 5.27. The van der Waals surface area contributed by atoms with Crippen molar-refractivity contribution < 1.29 is 5.11 Å². The molecule has 4 heteroatoms. The predicted molar refractivity (Wildman–Crippen MR) is 58.5 cm³/mol. The van der Waals surface area contributed by atoms with Gasteiger partial charge >= 0.3 is 0 Å². The van der Waals surface area contributed by atoms with Gasteiger partial charge in [0, 0.05) is 24.5 Å². The third-order valence-corrected chi connectivity index (χ3v) is 3.11. The zero-order valence-electron chi connectivity index (χ0n) is 8.65. The molecule has 1 heterocycles. The molecule has 4 nitrogen and oxygen atoms in total. The molecule has 0 spiro atoms. The van der Waals surface area contributed by atoms with Gasteiger partial charge in [-0.05, 0) is 31.7 Å². The highest BCUT2D eigenvalue weighted by atomic mass is 16.3. The van der Waals surface area contributed by atoms with Gasteiger partial charge in [-0.2, -0.15) is 0 Å². The van der Waals surface area contributed by atoms with E-state index in [1.165, 1.54) is 6.07 Å². The predicted octanol–water partition coefficient (Wildman–Crippen LogP) is 0.736. The summed E-state index contributed by atoms with van der Waals surface area (Å²) in [5, 5.41) is 9.88. The molecule has 1 aromatic heterocycles. The number of nitrogens with two attached hydrogens (primary N) is 1. The van der Waals surface area contributed by atoms with Crippen LogP contribution in [0.15, 0.2) is 23.1 Å². The molecular formula is C11H16N2O2. The highest BCUT2D eigenvalue weighted by molar-refractivity contribution is 5.33. The highest BCUT2D eigenvalue weighted by Gasteiger charge is 2.33. The summed E-state index contributed by atoms with van der Waals surface area (Å²) in [6, 6.07) is 3.05. The van der Waals surface area contributed by atoms with E-state index in [4.69, 9.17) is 5.73 Å². The number of rotatable bonds is 3. The first-order valence-electron chi connectivity index (χ1n) is 5.27. The summed E-state index contributed by atoms with van der Waals surface area (Å²) < 4.78 is 1.56. The maximum absolute atomic E-state index is 11.4. The van der Waals surface area contributed by atoms with Crippen LogP contribution in [-0.2, 0) is 6.54 Å². The van der Waals surface area contributed by atoms with Crippen molar-refractivity contribution in [1.82, 2.24) is 4.57 Å². The summed E-state index contributed by atoms with van der Waals surface area (Å²) in [6.07, 6.45) is 5.05. The normalized spacial score (nSPS) is 18.5. The lowest BCUT2D eigenvalue weighted by atomic mass is 9.78. The van der Waals surface area contributed by atoms with Gasteiger partial charge in [-0.15, -0.1) is 0 Å². The quantitative estimate of drug-likeness (QED) is 0.769. The Morgan fingerprint density at radius 1 is 1.47 bits per heavy atom. The molecule has 0 atom stereocenters. The summed E-state index contributed by atoms with van der Waals surface area (Å²) >= 11 is 0. The van der Waals surface area contributed by atoms with Crippen molar-refractivity contribution in [3.63, 3.8) is 0 Å². The Balaban J connectivity index is 2.04. The Hall–Kier alpha value is -1.29. The standard InChI is InChI=1S/C11H16N2O2/c12-9-2-3-10(14)13(8-9)7-6-11(15)4-1-5-11/h2-3,8,15H,1,4-7,12H2. The average Bonchev–Trinajstić information content (AvgIpc) is 2.17. The van der Waals surface area contributed by atoms with Crippen LogP contribution < -0.4 is 11.3 Å². The number of aryl methyl sites for hydroxylation is 1. The summed E-state index contributed by atoms with van der Waals surface area (Å²) in [7, 11) is 0. The Morgan fingerprint density at radius 3 is 2.80 bits per heavy atom. The van der Waals surface area contributed by atoms with E-state index in [0.717, 1.165) is 19.3 Å². The van der Waals surface area contributed by atoms with Crippen LogP contribution in [0, 0.1) is 0 Å². The van der Waals surface area contributed by atoms with Crippen molar-refractivity contribution in [1.29, 1.82) is 0 Å². The average molecular weight is 208 g/mol. The number of aliphatic hydroxyl groups is 1. The molecule has 0 aliphatic heterocycles. The second kappa shape index (κ2) is 3.70. The number of pyridine rings is 1. The highest BCUT2D eigenvalue weighted by Crippen LogP contribution is 2.34. The molecule has 0 radical (unpaired) electrons. The van der Waals surface area contributed by atoms with Gasteiger partial charge in [0.25, 0.3) is 5.56 Å². The van der Waals surface area contributed by atoms with Gasteiger partial charge < -0.3 is 15.4 Å². The second-order valence-electron chi connectivity index (χ2n) is 4.32. The molecule has 1 aliphatic rings. The zero-order valence-corrected chi connectivity index (χ0v) is 8.65. The lowest BCUT2D eigenvalue weighted by Crippen LogP contribution is -2.38. The lowest BCUT2D eigenvalue weighted by molar-refractivity contribution is -0.0434. The lowest BCUT2D eigenvalue weighted by Gasteiger charge is -2.36. The van der Waals surface area contributed by atoms with Gasteiger partial charge in [0.05, 0.1) is 5.60 Å². The van der Waals surface area contributed by atoms with Crippen molar-refractivity contribution in [2.45, 2.75) is 37.8 Å². The molecule has 1 aromatic rings. The van der Waals surface area contributed by atoms with Gasteiger partial charge in [-0.25, -0.2) is 0 Å². The van der Waals surface area contributed by atoms with Crippen LogP contribution in [0.3, 0.4) is 0 Å². The number of nitrogens with zero attached hydrogens (tertiary/aromatic N) is 1. The topological polar surface area (TPSA) is 68.2 Å². The first kappa shape index (κ1) is 10.2. The van der Waals surface area contributed by atoms with Crippen LogP contribution >= 0.6 is 0 Å². The molecule has 1 aliphatic carbocycles. The largest absolute Gasteiger partial charge is 0.398 e. The first-order chi connectivity index (χ1) is 7.09. The molecule has 0 amide bonds. The summed E-state index contributed by atoms with van der Waals surface area (Å²) in [4.78, 5) is 11.4. The van der Waals surface area contributed by atoms with E-state index in [2.05, 4.69) is 0 Å². The van der Waals surface area contributed by atoms with Gasteiger partial charge in [0.2, 0.25) is 0 Å². The Morgan fingerprint density at radius 2 is 2.20 bits per heavy atom. The second-order valence-corrected chi connectivity index (χ2v) is 4.32. The van der Waals surface area contributed by atoms with Gasteiger partial charge in [-0.3, -0.25) is 4.79 Å². The molecule has 2 rings (SSSR count). The van der Waals surface area contributed by atoms with E-state index in [0.29, 0.717) is 18.7 Å². The van der Waals surface area contributed by atoms with Crippen LogP contribution in [0.2, 0.25) is 0 Å². The van der Waals surface area contributed by atoms with Crippen LogP contribution in [-0.4, -0.2) is 15.3 Å². The maximum atomic E-state index is 11.4. The molecule has 15 heavy (non-hydrogen) atoms. The number of hydrogen-bond donors (Lipinski definition) is 2. The third kappa shape index (κ3) is 2.21. The molecule has 3 N–H and O–H groups in total. The summed E-state index contributed by atoms with van der Waals surface area (Å²) in [5.41, 5.74) is 5.57. The SMILES string of the molecule is Nc1ccc(=O)n(CCC2(O)CCC2)c1. The van der Waals surface area contributed by atoms with Gasteiger partial charge in [0.15, 0.2) is 0 Å². The smallest absolute Gasteiger partial charge is 0.250 e. The van der Waals surface area contributed by atoms with E-state index in [1.807, 2.05) is 0 Å².